The molecule has 0 spiro atoms. The minimum atomic E-state index is -0.383. The first-order valence-corrected chi connectivity index (χ1v) is 8.10. The summed E-state index contributed by atoms with van der Waals surface area (Å²) in [5, 5.41) is 4.17. The van der Waals surface area contributed by atoms with Gasteiger partial charge >= 0.3 is 0 Å². The lowest BCUT2D eigenvalue weighted by molar-refractivity contribution is 0.201. The van der Waals surface area contributed by atoms with Crippen LogP contribution in [-0.2, 0) is 5.54 Å². The van der Waals surface area contributed by atoms with Crippen LogP contribution in [0.3, 0.4) is 0 Å². The molecule has 118 valence electrons. The lowest BCUT2D eigenvalue weighted by atomic mass is 9.77. The second-order valence-electron chi connectivity index (χ2n) is 6.00. The third-order valence-corrected chi connectivity index (χ3v) is 4.66. The predicted octanol–water partition coefficient (Wildman–Crippen LogP) is 2.84. The molecule has 0 amide bonds. The minimum absolute atomic E-state index is 0.0128. The smallest absolute Gasteiger partial charge is 0.248 e. The summed E-state index contributed by atoms with van der Waals surface area (Å²) in [4.78, 5) is 6.97. The zero-order chi connectivity index (χ0) is 15.6. The molecule has 1 unspecified atom stereocenters. The molecule has 1 aromatic heterocycles. The maximum absolute atomic E-state index is 6.32. The molecule has 22 heavy (non-hydrogen) atoms. The van der Waals surface area contributed by atoms with Crippen LogP contribution in [0.5, 0.6) is 0 Å². The van der Waals surface area contributed by atoms with Gasteiger partial charge in [-0.2, -0.15) is 4.98 Å². The molecule has 2 aromatic rings. The fraction of sp³-hybridized carbons (Fsp3) is 0.529. The van der Waals surface area contributed by atoms with Crippen LogP contribution in [-0.4, -0.2) is 28.1 Å². The van der Waals surface area contributed by atoms with Gasteiger partial charge in [-0.3, -0.25) is 4.90 Å². The first-order valence-electron chi connectivity index (χ1n) is 8.10. The van der Waals surface area contributed by atoms with Gasteiger partial charge in [0.05, 0.1) is 5.54 Å². The Hall–Kier alpha value is -1.72. The Morgan fingerprint density at radius 1 is 1.23 bits per heavy atom. The number of aromatic nitrogens is 2. The summed E-state index contributed by atoms with van der Waals surface area (Å²) in [7, 11) is 0. The zero-order valence-corrected chi connectivity index (χ0v) is 13.3. The molecule has 1 fully saturated rings. The Kier molecular flexibility index (Phi) is 4.27. The van der Waals surface area contributed by atoms with Gasteiger partial charge in [-0.25, -0.2) is 0 Å². The Labute approximate surface area is 131 Å². The van der Waals surface area contributed by atoms with Gasteiger partial charge in [0.25, 0.3) is 0 Å². The van der Waals surface area contributed by atoms with E-state index in [1.54, 1.807) is 0 Å². The van der Waals surface area contributed by atoms with Crippen molar-refractivity contribution in [1.29, 1.82) is 0 Å². The van der Waals surface area contributed by atoms with Gasteiger partial charge in [-0.15, -0.1) is 0 Å². The minimum Gasteiger partial charge on any atom is -0.337 e. The second-order valence-corrected chi connectivity index (χ2v) is 6.00. The summed E-state index contributed by atoms with van der Waals surface area (Å²) < 4.78 is 5.61. The zero-order valence-electron chi connectivity index (χ0n) is 13.3. The Morgan fingerprint density at radius 3 is 2.45 bits per heavy atom. The van der Waals surface area contributed by atoms with E-state index in [1.165, 1.54) is 5.56 Å². The fourth-order valence-electron chi connectivity index (χ4n) is 3.06. The van der Waals surface area contributed by atoms with Crippen molar-refractivity contribution in [3.8, 4) is 0 Å². The molecular formula is C17H24N4O. The van der Waals surface area contributed by atoms with Crippen LogP contribution in [0, 0.1) is 0 Å². The van der Waals surface area contributed by atoms with E-state index in [-0.39, 0.29) is 11.6 Å². The normalized spacial score (nSPS) is 18.2. The van der Waals surface area contributed by atoms with Crippen molar-refractivity contribution in [2.75, 3.05) is 13.1 Å². The van der Waals surface area contributed by atoms with E-state index in [0.29, 0.717) is 11.7 Å². The van der Waals surface area contributed by atoms with E-state index in [1.807, 2.05) is 18.2 Å². The fourth-order valence-corrected chi connectivity index (χ4v) is 3.06. The predicted molar refractivity (Wildman–Crippen MR) is 85.2 cm³/mol. The number of hydrogen-bond acceptors (Lipinski definition) is 5. The molecular weight excluding hydrogens is 276 g/mol. The van der Waals surface area contributed by atoms with E-state index >= 15 is 0 Å². The SMILES string of the molecule is CCN(CC)C(c1ccccc1)c1nc(C2(N)CCC2)no1. The highest BCUT2D eigenvalue weighted by molar-refractivity contribution is 5.24. The van der Waals surface area contributed by atoms with Crippen molar-refractivity contribution in [2.24, 2.45) is 5.73 Å². The maximum atomic E-state index is 6.32. The molecule has 0 radical (unpaired) electrons. The van der Waals surface area contributed by atoms with Crippen molar-refractivity contribution in [1.82, 2.24) is 15.0 Å². The first-order chi connectivity index (χ1) is 10.7. The van der Waals surface area contributed by atoms with Gasteiger partial charge in [-0.05, 0) is 37.9 Å². The monoisotopic (exact) mass is 300 g/mol. The van der Waals surface area contributed by atoms with Crippen molar-refractivity contribution in [3.63, 3.8) is 0 Å². The maximum Gasteiger partial charge on any atom is 0.248 e. The van der Waals surface area contributed by atoms with Gasteiger partial charge in [0.1, 0.15) is 6.04 Å². The number of benzene rings is 1. The standard InChI is InChI=1S/C17H24N4O/c1-3-21(4-2)14(13-9-6-5-7-10-13)15-19-16(20-22-15)17(18)11-8-12-17/h5-7,9-10,14H,3-4,8,11-12,18H2,1-2H3. The van der Waals surface area contributed by atoms with Gasteiger partial charge in [-0.1, -0.05) is 49.3 Å². The molecule has 0 bridgehead atoms. The van der Waals surface area contributed by atoms with Gasteiger partial charge < -0.3 is 10.3 Å². The molecule has 2 N–H and O–H groups in total. The molecule has 1 aromatic carbocycles. The molecule has 1 heterocycles. The van der Waals surface area contributed by atoms with E-state index < -0.39 is 0 Å². The molecule has 1 aliphatic rings. The van der Waals surface area contributed by atoms with Crippen LogP contribution in [0.1, 0.15) is 56.4 Å². The summed E-state index contributed by atoms with van der Waals surface area (Å²) in [5.41, 5.74) is 7.10. The Bertz CT molecular complexity index is 602. The average Bonchev–Trinajstić information content (AvgIpc) is 3.00. The highest BCUT2D eigenvalue weighted by atomic mass is 16.5. The van der Waals surface area contributed by atoms with Crippen molar-refractivity contribution >= 4 is 0 Å². The largest absolute Gasteiger partial charge is 0.337 e. The molecule has 0 saturated heterocycles. The molecule has 1 aliphatic carbocycles. The van der Waals surface area contributed by atoms with E-state index in [9.17, 15) is 0 Å². The van der Waals surface area contributed by atoms with Crippen LogP contribution in [0.2, 0.25) is 0 Å². The Balaban J connectivity index is 1.95. The summed E-state index contributed by atoms with van der Waals surface area (Å²) in [6.07, 6.45) is 3.01. The first kappa shape index (κ1) is 15.2. The highest BCUT2D eigenvalue weighted by Crippen LogP contribution is 2.38. The van der Waals surface area contributed by atoms with Crippen molar-refractivity contribution in [2.45, 2.75) is 44.7 Å². The molecule has 0 aliphatic heterocycles. The van der Waals surface area contributed by atoms with E-state index in [4.69, 9.17) is 10.3 Å². The van der Waals surface area contributed by atoms with Crippen LogP contribution >= 0.6 is 0 Å². The Morgan fingerprint density at radius 2 is 1.91 bits per heavy atom. The van der Waals surface area contributed by atoms with Crippen LogP contribution in [0.25, 0.3) is 0 Å². The summed E-state index contributed by atoms with van der Waals surface area (Å²) >= 11 is 0. The van der Waals surface area contributed by atoms with Gasteiger partial charge in [0, 0.05) is 0 Å². The van der Waals surface area contributed by atoms with Crippen molar-refractivity contribution in [3.05, 3.63) is 47.6 Å². The highest BCUT2D eigenvalue weighted by Gasteiger charge is 2.40. The molecule has 5 nitrogen and oxygen atoms in total. The van der Waals surface area contributed by atoms with Crippen LogP contribution < -0.4 is 5.73 Å². The third kappa shape index (κ3) is 2.66. The second kappa shape index (κ2) is 6.18. The number of nitrogens with two attached hydrogens (primary N) is 1. The molecule has 5 heteroatoms. The number of rotatable bonds is 6. The van der Waals surface area contributed by atoms with E-state index in [0.717, 1.165) is 32.4 Å². The summed E-state index contributed by atoms with van der Waals surface area (Å²) in [6, 6.07) is 10.3. The topological polar surface area (TPSA) is 68.2 Å². The lowest BCUT2D eigenvalue weighted by Crippen LogP contribution is -2.44. The van der Waals surface area contributed by atoms with Crippen LogP contribution in [0.15, 0.2) is 34.9 Å². The molecule has 3 rings (SSSR count). The molecule has 1 saturated carbocycles. The van der Waals surface area contributed by atoms with Gasteiger partial charge in [0.15, 0.2) is 5.82 Å². The van der Waals surface area contributed by atoms with Crippen molar-refractivity contribution < 1.29 is 4.52 Å². The summed E-state index contributed by atoms with van der Waals surface area (Å²) in [5.74, 6) is 1.29. The average molecular weight is 300 g/mol. The number of hydrogen-bond donors (Lipinski definition) is 1. The lowest BCUT2D eigenvalue weighted by Gasteiger charge is -2.34. The summed E-state index contributed by atoms with van der Waals surface area (Å²) in [6.45, 7) is 6.13. The van der Waals surface area contributed by atoms with E-state index in [2.05, 4.69) is 41.0 Å². The van der Waals surface area contributed by atoms with Gasteiger partial charge in [0.2, 0.25) is 5.89 Å². The molecule has 1 atom stereocenters. The number of nitrogens with zero attached hydrogens (tertiary/aromatic N) is 3. The quantitative estimate of drug-likeness (QED) is 0.888. The van der Waals surface area contributed by atoms with Crippen LogP contribution in [0.4, 0.5) is 0 Å². The third-order valence-electron chi connectivity index (χ3n) is 4.66.